The molecule has 0 aliphatic rings. The third kappa shape index (κ3) is 5.83. The van der Waals surface area contributed by atoms with Crippen LogP contribution in [0, 0.1) is 39.0 Å². The van der Waals surface area contributed by atoms with Gasteiger partial charge >= 0.3 is 0 Å². The molecule has 0 aliphatic heterocycles. The number of para-hydroxylation sites is 1. The number of nitrogens with zero attached hydrogens (tertiary/aromatic N) is 1. The second-order valence-electron chi connectivity index (χ2n) is 7.76. The highest BCUT2D eigenvalue weighted by molar-refractivity contribution is 6.10. The van der Waals surface area contributed by atoms with Gasteiger partial charge in [-0.05, 0) is 57.0 Å². The quantitative estimate of drug-likeness (QED) is 0.398. The molecule has 0 atom stereocenters. The summed E-state index contributed by atoms with van der Waals surface area (Å²) < 4.78 is 6.02. The first-order valence-corrected chi connectivity index (χ1v) is 10.1. The third-order valence-corrected chi connectivity index (χ3v) is 4.89. The van der Waals surface area contributed by atoms with Crippen molar-refractivity contribution < 1.29 is 9.53 Å². The lowest BCUT2D eigenvalue weighted by molar-refractivity contribution is -0.112. The molecule has 0 saturated heterocycles. The summed E-state index contributed by atoms with van der Waals surface area (Å²) in [6.45, 7) is 8.44. The standard InChI is InChI=1S/C27H26N2O2/c1-18-9-10-25(21(4)12-18)29-27(30)24(16-28)15-23-7-5-6-8-26(23)31-17-22-13-19(2)11-20(3)14-22/h5-15H,17H2,1-4H3,(H,29,30)/b24-15+. The van der Waals surface area contributed by atoms with E-state index < -0.39 is 5.91 Å². The van der Waals surface area contributed by atoms with E-state index >= 15 is 0 Å². The summed E-state index contributed by atoms with van der Waals surface area (Å²) in [5.74, 6) is 0.173. The van der Waals surface area contributed by atoms with Gasteiger partial charge in [-0.2, -0.15) is 5.26 Å². The number of nitrogens with one attached hydrogen (secondary N) is 1. The van der Waals surface area contributed by atoms with Crippen LogP contribution in [0.4, 0.5) is 5.69 Å². The van der Waals surface area contributed by atoms with E-state index in [0.29, 0.717) is 23.6 Å². The molecule has 0 aliphatic carbocycles. The van der Waals surface area contributed by atoms with Gasteiger partial charge in [0.15, 0.2) is 0 Å². The maximum absolute atomic E-state index is 12.7. The molecule has 1 N–H and O–H groups in total. The minimum absolute atomic E-state index is 0.0161. The Kier molecular flexibility index (Phi) is 6.89. The molecule has 31 heavy (non-hydrogen) atoms. The van der Waals surface area contributed by atoms with Gasteiger partial charge < -0.3 is 10.1 Å². The first-order chi connectivity index (χ1) is 14.9. The number of hydrogen-bond donors (Lipinski definition) is 1. The number of carbonyl (C=O) groups excluding carboxylic acids is 1. The van der Waals surface area contributed by atoms with Gasteiger partial charge in [0.2, 0.25) is 0 Å². The van der Waals surface area contributed by atoms with Crippen molar-refractivity contribution in [2.24, 2.45) is 0 Å². The maximum Gasteiger partial charge on any atom is 0.266 e. The van der Waals surface area contributed by atoms with E-state index in [1.54, 1.807) is 6.08 Å². The second-order valence-corrected chi connectivity index (χ2v) is 7.76. The molecular formula is C27H26N2O2. The van der Waals surface area contributed by atoms with E-state index in [9.17, 15) is 10.1 Å². The number of amides is 1. The molecule has 3 rings (SSSR count). The van der Waals surface area contributed by atoms with Gasteiger partial charge in [0.25, 0.3) is 5.91 Å². The van der Waals surface area contributed by atoms with Gasteiger partial charge in [0.05, 0.1) is 0 Å². The fraction of sp³-hybridized carbons (Fsp3) is 0.185. The Balaban J connectivity index is 1.80. The Bertz CT molecular complexity index is 1170. The van der Waals surface area contributed by atoms with Crippen LogP contribution in [0.3, 0.4) is 0 Å². The highest BCUT2D eigenvalue weighted by Crippen LogP contribution is 2.24. The lowest BCUT2D eigenvalue weighted by Gasteiger charge is -2.11. The van der Waals surface area contributed by atoms with E-state index in [2.05, 4.69) is 37.4 Å². The molecular weight excluding hydrogens is 384 g/mol. The van der Waals surface area contributed by atoms with Crippen LogP contribution in [-0.2, 0) is 11.4 Å². The summed E-state index contributed by atoms with van der Waals surface area (Å²) >= 11 is 0. The Labute approximate surface area is 183 Å². The third-order valence-electron chi connectivity index (χ3n) is 4.89. The Hall–Kier alpha value is -3.84. The predicted molar refractivity (Wildman–Crippen MR) is 125 cm³/mol. The van der Waals surface area contributed by atoms with Crippen LogP contribution >= 0.6 is 0 Å². The van der Waals surface area contributed by atoms with Gasteiger partial charge in [-0.15, -0.1) is 0 Å². The van der Waals surface area contributed by atoms with Crippen molar-refractivity contribution in [3.8, 4) is 11.8 Å². The van der Waals surface area contributed by atoms with E-state index in [4.69, 9.17) is 4.74 Å². The van der Waals surface area contributed by atoms with Gasteiger partial charge in [-0.25, -0.2) is 0 Å². The first-order valence-electron chi connectivity index (χ1n) is 10.1. The number of anilines is 1. The number of aryl methyl sites for hydroxylation is 4. The van der Waals surface area contributed by atoms with Crippen LogP contribution in [0.1, 0.15) is 33.4 Å². The van der Waals surface area contributed by atoms with Crippen molar-refractivity contribution >= 4 is 17.7 Å². The summed E-state index contributed by atoms with van der Waals surface area (Å²) in [6, 6.07) is 21.5. The Morgan fingerprint density at radius 1 is 0.968 bits per heavy atom. The number of benzene rings is 3. The molecule has 0 bridgehead atoms. The maximum atomic E-state index is 12.7. The molecule has 0 fully saturated rings. The van der Waals surface area contributed by atoms with Crippen molar-refractivity contribution in [3.05, 3.63) is 99.6 Å². The van der Waals surface area contributed by atoms with Crippen LogP contribution in [0.15, 0.2) is 66.2 Å². The van der Waals surface area contributed by atoms with Gasteiger partial charge in [0, 0.05) is 11.3 Å². The molecule has 1 amide bonds. The summed E-state index contributed by atoms with van der Waals surface area (Å²) in [6.07, 6.45) is 1.57. The molecule has 0 heterocycles. The summed E-state index contributed by atoms with van der Waals surface area (Å²) in [5, 5.41) is 12.4. The number of rotatable bonds is 6. The fourth-order valence-electron chi connectivity index (χ4n) is 3.49. The molecule has 3 aromatic carbocycles. The predicted octanol–water partition coefficient (Wildman–Crippen LogP) is 6.04. The smallest absolute Gasteiger partial charge is 0.266 e. The molecule has 3 aromatic rings. The van der Waals surface area contributed by atoms with Crippen molar-refractivity contribution in [3.63, 3.8) is 0 Å². The lowest BCUT2D eigenvalue weighted by atomic mass is 10.1. The summed E-state index contributed by atoms with van der Waals surface area (Å²) in [4.78, 5) is 12.7. The fourth-order valence-corrected chi connectivity index (χ4v) is 3.49. The van der Waals surface area contributed by atoms with Crippen LogP contribution in [0.5, 0.6) is 5.75 Å². The van der Waals surface area contributed by atoms with E-state index in [0.717, 1.165) is 16.7 Å². The monoisotopic (exact) mass is 410 g/mol. The number of carbonyl (C=O) groups is 1. The van der Waals surface area contributed by atoms with Crippen molar-refractivity contribution in [2.75, 3.05) is 5.32 Å². The molecule has 4 nitrogen and oxygen atoms in total. The van der Waals surface area contributed by atoms with E-state index in [1.165, 1.54) is 11.1 Å². The second kappa shape index (κ2) is 9.77. The summed E-state index contributed by atoms with van der Waals surface area (Å²) in [5.41, 5.74) is 6.88. The Morgan fingerprint density at radius 2 is 1.68 bits per heavy atom. The normalized spacial score (nSPS) is 11.0. The van der Waals surface area contributed by atoms with Crippen LogP contribution in [-0.4, -0.2) is 5.91 Å². The summed E-state index contributed by atoms with van der Waals surface area (Å²) in [7, 11) is 0. The average molecular weight is 411 g/mol. The zero-order chi connectivity index (χ0) is 22.4. The minimum atomic E-state index is -0.446. The van der Waals surface area contributed by atoms with Gasteiger partial charge in [-0.3, -0.25) is 4.79 Å². The van der Waals surface area contributed by atoms with Gasteiger partial charge in [-0.1, -0.05) is 65.2 Å². The van der Waals surface area contributed by atoms with E-state index in [-0.39, 0.29) is 5.57 Å². The van der Waals surface area contributed by atoms with Crippen molar-refractivity contribution in [1.29, 1.82) is 5.26 Å². The van der Waals surface area contributed by atoms with Crippen LogP contribution in [0.2, 0.25) is 0 Å². The minimum Gasteiger partial charge on any atom is -0.488 e. The SMILES string of the molecule is Cc1cc(C)cc(COc2ccccc2/C=C(\C#N)C(=O)Nc2ccc(C)cc2C)c1. The van der Waals surface area contributed by atoms with Crippen LogP contribution in [0.25, 0.3) is 6.08 Å². The van der Waals surface area contributed by atoms with Gasteiger partial charge in [0.1, 0.15) is 24.0 Å². The molecule has 0 aromatic heterocycles. The highest BCUT2D eigenvalue weighted by Gasteiger charge is 2.12. The topological polar surface area (TPSA) is 62.1 Å². The molecule has 156 valence electrons. The zero-order valence-electron chi connectivity index (χ0n) is 18.3. The van der Waals surface area contributed by atoms with Crippen molar-refractivity contribution in [1.82, 2.24) is 0 Å². The first kappa shape index (κ1) is 21.9. The molecule has 0 radical (unpaired) electrons. The Morgan fingerprint density at radius 3 is 2.35 bits per heavy atom. The highest BCUT2D eigenvalue weighted by atomic mass is 16.5. The number of nitriles is 1. The number of ether oxygens (including phenoxy) is 1. The lowest BCUT2D eigenvalue weighted by Crippen LogP contribution is -2.14. The van der Waals surface area contributed by atoms with E-state index in [1.807, 2.05) is 62.4 Å². The molecule has 0 spiro atoms. The molecule has 4 heteroatoms. The zero-order valence-corrected chi connectivity index (χ0v) is 18.3. The average Bonchev–Trinajstić information content (AvgIpc) is 2.72. The number of hydrogen-bond acceptors (Lipinski definition) is 3. The van der Waals surface area contributed by atoms with Crippen LogP contribution < -0.4 is 10.1 Å². The largest absolute Gasteiger partial charge is 0.488 e. The van der Waals surface area contributed by atoms with Crippen molar-refractivity contribution in [2.45, 2.75) is 34.3 Å². The molecule has 0 saturated carbocycles. The molecule has 0 unspecified atom stereocenters.